The lowest BCUT2D eigenvalue weighted by Crippen LogP contribution is -2.28. The van der Waals surface area contributed by atoms with Gasteiger partial charge in [-0.1, -0.05) is 28.8 Å². The SMILES string of the molecule is O=C1C(Br)CCN1CCCC1CC1. The first-order valence-electron chi connectivity index (χ1n) is 5.20. The first kappa shape index (κ1) is 9.50. The van der Waals surface area contributed by atoms with Gasteiger partial charge in [0, 0.05) is 13.1 Å². The zero-order chi connectivity index (χ0) is 9.26. The number of hydrogen-bond donors (Lipinski definition) is 0. The van der Waals surface area contributed by atoms with Crippen molar-refractivity contribution >= 4 is 21.8 Å². The van der Waals surface area contributed by atoms with E-state index in [9.17, 15) is 4.79 Å². The minimum absolute atomic E-state index is 0.105. The average Bonchev–Trinajstić information content (AvgIpc) is 2.88. The highest BCUT2D eigenvalue weighted by Gasteiger charge is 2.29. The molecule has 0 N–H and O–H groups in total. The summed E-state index contributed by atoms with van der Waals surface area (Å²) in [5, 5.41) is 0. The Balaban J connectivity index is 1.66. The molecule has 0 bridgehead atoms. The summed E-state index contributed by atoms with van der Waals surface area (Å²) < 4.78 is 0. The average molecular weight is 246 g/mol. The Morgan fingerprint density at radius 3 is 2.69 bits per heavy atom. The fourth-order valence-electron chi connectivity index (χ4n) is 1.90. The minimum Gasteiger partial charge on any atom is -0.342 e. The first-order chi connectivity index (χ1) is 6.27. The molecule has 1 saturated carbocycles. The lowest BCUT2D eigenvalue weighted by molar-refractivity contribution is -0.127. The van der Waals surface area contributed by atoms with Crippen molar-refractivity contribution in [2.45, 2.75) is 36.9 Å². The minimum atomic E-state index is 0.105. The van der Waals surface area contributed by atoms with Crippen LogP contribution >= 0.6 is 15.9 Å². The number of rotatable bonds is 4. The van der Waals surface area contributed by atoms with Crippen LogP contribution in [0.3, 0.4) is 0 Å². The lowest BCUT2D eigenvalue weighted by Gasteiger charge is -2.15. The van der Waals surface area contributed by atoms with Crippen molar-refractivity contribution in [3.8, 4) is 0 Å². The van der Waals surface area contributed by atoms with Gasteiger partial charge in [0.2, 0.25) is 5.91 Å². The highest BCUT2D eigenvalue weighted by Crippen LogP contribution is 2.33. The van der Waals surface area contributed by atoms with Crippen LogP contribution in [0.1, 0.15) is 32.1 Å². The van der Waals surface area contributed by atoms with E-state index in [2.05, 4.69) is 15.9 Å². The Bertz CT molecular complexity index is 203. The molecular weight excluding hydrogens is 230 g/mol. The highest BCUT2D eigenvalue weighted by molar-refractivity contribution is 9.10. The number of hydrogen-bond acceptors (Lipinski definition) is 1. The number of carbonyl (C=O) groups is 1. The third-order valence-corrected chi connectivity index (χ3v) is 3.82. The Morgan fingerprint density at radius 1 is 1.38 bits per heavy atom. The van der Waals surface area contributed by atoms with E-state index in [-0.39, 0.29) is 4.83 Å². The number of amides is 1. The Hall–Kier alpha value is -0.0500. The predicted molar refractivity (Wildman–Crippen MR) is 55.9 cm³/mol. The molecule has 0 aromatic rings. The van der Waals surface area contributed by atoms with Crippen molar-refractivity contribution in [1.29, 1.82) is 0 Å². The van der Waals surface area contributed by atoms with Crippen LogP contribution in [0.4, 0.5) is 0 Å². The summed E-state index contributed by atoms with van der Waals surface area (Å²) in [5.41, 5.74) is 0. The molecule has 0 radical (unpaired) electrons. The van der Waals surface area contributed by atoms with Crippen molar-refractivity contribution in [2.24, 2.45) is 5.92 Å². The van der Waals surface area contributed by atoms with Gasteiger partial charge in [0.1, 0.15) is 0 Å². The van der Waals surface area contributed by atoms with E-state index in [0.717, 1.165) is 25.4 Å². The van der Waals surface area contributed by atoms with Gasteiger partial charge in [0.15, 0.2) is 0 Å². The molecule has 1 atom stereocenters. The van der Waals surface area contributed by atoms with E-state index < -0.39 is 0 Å². The predicted octanol–water partition coefficient (Wildman–Crippen LogP) is 2.17. The summed E-state index contributed by atoms with van der Waals surface area (Å²) in [7, 11) is 0. The van der Waals surface area contributed by atoms with E-state index in [0.29, 0.717) is 5.91 Å². The molecule has 2 aliphatic rings. The van der Waals surface area contributed by atoms with Crippen molar-refractivity contribution in [3.63, 3.8) is 0 Å². The van der Waals surface area contributed by atoms with E-state index in [1.54, 1.807) is 0 Å². The van der Waals surface area contributed by atoms with Crippen molar-refractivity contribution in [3.05, 3.63) is 0 Å². The smallest absolute Gasteiger partial charge is 0.236 e. The molecule has 0 spiro atoms. The van der Waals surface area contributed by atoms with Crippen LogP contribution in [0.2, 0.25) is 0 Å². The molecule has 13 heavy (non-hydrogen) atoms. The first-order valence-corrected chi connectivity index (χ1v) is 6.12. The normalized spacial score (nSPS) is 28.5. The third kappa shape index (κ3) is 2.46. The van der Waals surface area contributed by atoms with Gasteiger partial charge in [-0.05, 0) is 25.2 Å². The topological polar surface area (TPSA) is 20.3 Å². The van der Waals surface area contributed by atoms with E-state index in [1.165, 1.54) is 25.7 Å². The molecule has 1 unspecified atom stereocenters. The van der Waals surface area contributed by atoms with Gasteiger partial charge in [-0.3, -0.25) is 4.79 Å². The number of nitrogens with zero attached hydrogens (tertiary/aromatic N) is 1. The maximum atomic E-state index is 11.5. The summed E-state index contributed by atoms with van der Waals surface area (Å²) in [5.74, 6) is 1.30. The second-order valence-electron chi connectivity index (χ2n) is 4.17. The molecule has 1 aliphatic carbocycles. The summed E-state index contributed by atoms with van der Waals surface area (Å²) in [6.45, 7) is 1.94. The summed E-state index contributed by atoms with van der Waals surface area (Å²) in [4.78, 5) is 13.6. The monoisotopic (exact) mass is 245 g/mol. The maximum absolute atomic E-state index is 11.5. The third-order valence-electron chi connectivity index (χ3n) is 2.97. The largest absolute Gasteiger partial charge is 0.342 e. The Labute approximate surface area is 87.8 Å². The van der Waals surface area contributed by atoms with E-state index in [1.807, 2.05) is 4.90 Å². The van der Waals surface area contributed by atoms with Gasteiger partial charge in [0.25, 0.3) is 0 Å². The van der Waals surface area contributed by atoms with Gasteiger partial charge < -0.3 is 4.90 Å². The van der Waals surface area contributed by atoms with Crippen LogP contribution in [-0.4, -0.2) is 28.7 Å². The number of carbonyl (C=O) groups excluding carboxylic acids is 1. The molecule has 2 nitrogen and oxygen atoms in total. The molecule has 3 heteroatoms. The van der Waals surface area contributed by atoms with Gasteiger partial charge in [0.05, 0.1) is 4.83 Å². The second kappa shape index (κ2) is 3.99. The fraction of sp³-hybridized carbons (Fsp3) is 0.900. The molecule has 0 aromatic carbocycles. The van der Waals surface area contributed by atoms with Gasteiger partial charge >= 0.3 is 0 Å². The van der Waals surface area contributed by atoms with Crippen molar-refractivity contribution in [2.75, 3.05) is 13.1 Å². The van der Waals surface area contributed by atoms with Crippen LogP contribution < -0.4 is 0 Å². The van der Waals surface area contributed by atoms with Crippen LogP contribution in [0.5, 0.6) is 0 Å². The molecule has 1 amide bonds. The second-order valence-corrected chi connectivity index (χ2v) is 5.27. The summed E-state index contributed by atoms with van der Waals surface area (Å²) in [6, 6.07) is 0. The van der Waals surface area contributed by atoms with Gasteiger partial charge in [-0.2, -0.15) is 0 Å². The summed E-state index contributed by atoms with van der Waals surface area (Å²) >= 11 is 3.39. The highest BCUT2D eigenvalue weighted by atomic mass is 79.9. The van der Waals surface area contributed by atoms with E-state index >= 15 is 0 Å². The van der Waals surface area contributed by atoms with Crippen LogP contribution in [-0.2, 0) is 4.79 Å². The number of alkyl halides is 1. The molecule has 2 rings (SSSR count). The zero-order valence-electron chi connectivity index (χ0n) is 7.84. The lowest BCUT2D eigenvalue weighted by atomic mass is 10.2. The fourth-order valence-corrected chi connectivity index (χ4v) is 2.39. The van der Waals surface area contributed by atoms with Gasteiger partial charge in [-0.25, -0.2) is 0 Å². The molecule has 1 saturated heterocycles. The molecule has 74 valence electrons. The van der Waals surface area contributed by atoms with Crippen molar-refractivity contribution < 1.29 is 4.79 Å². The molecule has 1 heterocycles. The Morgan fingerprint density at radius 2 is 2.15 bits per heavy atom. The summed E-state index contributed by atoms with van der Waals surface area (Å²) in [6.07, 6.45) is 6.37. The van der Waals surface area contributed by atoms with Crippen molar-refractivity contribution in [1.82, 2.24) is 4.90 Å². The van der Waals surface area contributed by atoms with Gasteiger partial charge in [-0.15, -0.1) is 0 Å². The maximum Gasteiger partial charge on any atom is 0.236 e. The van der Waals surface area contributed by atoms with Crippen LogP contribution in [0, 0.1) is 5.92 Å². The number of likely N-dealkylation sites (tertiary alicyclic amines) is 1. The quantitative estimate of drug-likeness (QED) is 0.696. The van der Waals surface area contributed by atoms with Crippen LogP contribution in [0.25, 0.3) is 0 Å². The molecular formula is C10H16BrNO. The van der Waals surface area contributed by atoms with E-state index in [4.69, 9.17) is 0 Å². The standard InChI is InChI=1S/C10H16BrNO/c11-9-5-7-12(10(9)13)6-1-2-8-3-4-8/h8-9H,1-7H2. The zero-order valence-corrected chi connectivity index (χ0v) is 9.42. The van der Waals surface area contributed by atoms with Crippen LogP contribution in [0.15, 0.2) is 0 Å². The molecule has 1 aliphatic heterocycles. The number of halogens is 1. The molecule has 2 fully saturated rings. The Kier molecular flexibility index (Phi) is 2.92. The molecule has 0 aromatic heterocycles.